The van der Waals surface area contributed by atoms with Crippen molar-refractivity contribution in [2.75, 3.05) is 37.6 Å². The molecule has 2 saturated heterocycles. The van der Waals surface area contributed by atoms with E-state index in [0.717, 1.165) is 25.1 Å². The third kappa shape index (κ3) is 3.60. The summed E-state index contributed by atoms with van der Waals surface area (Å²) in [6, 6.07) is 10.1. The topological polar surface area (TPSA) is 43.9 Å². The molecule has 24 heavy (non-hydrogen) atoms. The Morgan fingerprint density at radius 2 is 1.83 bits per heavy atom. The van der Waals surface area contributed by atoms with Gasteiger partial charge in [-0.2, -0.15) is 0 Å². The number of amides is 2. The fourth-order valence-corrected chi connectivity index (χ4v) is 3.55. The molecule has 5 nitrogen and oxygen atoms in total. The fraction of sp³-hybridized carbons (Fsp3) is 0.474. The van der Waals surface area contributed by atoms with Crippen molar-refractivity contribution in [2.24, 2.45) is 0 Å². The van der Waals surface area contributed by atoms with Crippen LogP contribution in [0.4, 0.5) is 5.69 Å². The summed E-state index contributed by atoms with van der Waals surface area (Å²) >= 11 is 0. The van der Waals surface area contributed by atoms with Crippen LogP contribution in [0.5, 0.6) is 0 Å². The number of anilines is 1. The molecule has 0 saturated carbocycles. The number of hydrogen-bond acceptors (Lipinski definition) is 3. The van der Waals surface area contributed by atoms with Gasteiger partial charge >= 0.3 is 0 Å². The van der Waals surface area contributed by atoms with Crippen molar-refractivity contribution in [2.45, 2.75) is 25.3 Å². The number of rotatable bonds is 3. The van der Waals surface area contributed by atoms with E-state index in [2.05, 4.69) is 10.8 Å². The molecule has 3 rings (SSSR count). The number of para-hydroxylation sites is 1. The largest absolute Gasteiger partial charge is 0.332 e. The zero-order chi connectivity index (χ0) is 16.9. The van der Waals surface area contributed by atoms with Crippen molar-refractivity contribution in [3.63, 3.8) is 0 Å². The van der Waals surface area contributed by atoms with Crippen LogP contribution in [0.1, 0.15) is 19.3 Å². The summed E-state index contributed by atoms with van der Waals surface area (Å²) in [4.78, 5) is 30.4. The monoisotopic (exact) mass is 325 g/mol. The standard InChI is InChI=1S/C19H23N3O2/c1-2-11-20-12-10-16(8-9-18(20)23)21-13-14-22(19(24)15-21)17-6-4-3-5-7-17/h1,3-7,16H,8-15H2. The quantitative estimate of drug-likeness (QED) is 0.788. The maximum Gasteiger partial charge on any atom is 0.241 e. The highest BCUT2D eigenvalue weighted by atomic mass is 16.2. The van der Waals surface area contributed by atoms with Gasteiger partial charge in [0.25, 0.3) is 0 Å². The van der Waals surface area contributed by atoms with Crippen LogP contribution in [0.3, 0.4) is 0 Å². The van der Waals surface area contributed by atoms with Gasteiger partial charge in [0.2, 0.25) is 11.8 Å². The first-order valence-electron chi connectivity index (χ1n) is 8.49. The Hall–Kier alpha value is -2.32. The number of benzene rings is 1. The minimum Gasteiger partial charge on any atom is -0.332 e. The molecule has 1 atom stereocenters. The molecule has 2 heterocycles. The Labute approximate surface area is 143 Å². The van der Waals surface area contributed by atoms with Gasteiger partial charge in [-0.05, 0) is 25.0 Å². The Bertz CT molecular complexity index is 638. The van der Waals surface area contributed by atoms with E-state index < -0.39 is 0 Å². The van der Waals surface area contributed by atoms with Crippen LogP contribution < -0.4 is 4.90 Å². The van der Waals surface area contributed by atoms with E-state index in [-0.39, 0.29) is 17.9 Å². The average molecular weight is 325 g/mol. The Balaban J connectivity index is 1.61. The zero-order valence-electron chi connectivity index (χ0n) is 13.9. The van der Waals surface area contributed by atoms with E-state index in [1.165, 1.54) is 0 Å². The molecule has 0 radical (unpaired) electrons. The predicted molar refractivity (Wildman–Crippen MR) is 93.4 cm³/mol. The summed E-state index contributed by atoms with van der Waals surface area (Å²) in [7, 11) is 0. The second-order valence-electron chi connectivity index (χ2n) is 6.35. The minimum atomic E-state index is 0.128. The maximum atomic E-state index is 12.5. The summed E-state index contributed by atoms with van der Waals surface area (Å²) in [5, 5.41) is 0. The van der Waals surface area contributed by atoms with Gasteiger partial charge in [0.1, 0.15) is 0 Å². The second-order valence-corrected chi connectivity index (χ2v) is 6.35. The van der Waals surface area contributed by atoms with Gasteiger partial charge in [-0.25, -0.2) is 0 Å². The molecule has 0 aromatic heterocycles. The maximum absolute atomic E-state index is 12.5. The van der Waals surface area contributed by atoms with Crippen molar-refractivity contribution in [3.8, 4) is 12.3 Å². The van der Waals surface area contributed by atoms with E-state index in [4.69, 9.17) is 6.42 Å². The number of nitrogens with zero attached hydrogens (tertiary/aromatic N) is 3. The first kappa shape index (κ1) is 16.5. The van der Waals surface area contributed by atoms with Crippen LogP contribution in [-0.4, -0.2) is 60.4 Å². The first-order chi connectivity index (χ1) is 11.7. The molecular weight excluding hydrogens is 302 g/mol. The van der Waals surface area contributed by atoms with Crippen LogP contribution in [0.15, 0.2) is 30.3 Å². The lowest BCUT2D eigenvalue weighted by atomic mass is 10.1. The van der Waals surface area contributed by atoms with Gasteiger partial charge in [0.15, 0.2) is 0 Å². The molecular formula is C19H23N3O2. The summed E-state index contributed by atoms with van der Waals surface area (Å²) in [5.41, 5.74) is 0.957. The third-order valence-electron chi connectivity index (χ3n) is 4.89. The fourth-order valence-electron chi connectivity index (χ4n) is 3.55. The molecule has 2 fully saturated rings. The summed E-state index contributed by atoms with van der Waals surface area (Å²) in [5.74, 6) is 2.81. The van der Waals surface area contributed by atoms with E-state index in [1.54, 1.807) is 4.90 Å². The van der Waals surface area contributed by atoms with Crippen LogP contribution in [0.25, 0.3) is 0 Å². The van der Waals surface area contributed by atoms with Crippen LogP contribution in [0, 0.1) is 12.3 Å². The highest BCUT2D eigenvalue weighted by molar-refractivity contribution is 5.95. The van der Waals surface area contributed by atoms with Crippen molar-refractivity contribution in [1.29, 1.82) is 0 Å². The van der Waals surface area contributed by atoms with E-state index >= 15 is 0 Å². The van der Waals surface area contributed by atoms with Crippen molar-refractivity contribution < 1.29 is 9.59 Å². The lowest BCUT2D eigenvalue weighted by Crippen LogP contribution is -2.53. The number of carbonyl (C=O) groups excluding carboxylic acids is 2. The van der Waals surface area contributed by atoms with E-state index in [9.17, 15) is 9.59 Å². The summed E-state index contributed by atoms with van der Waals surface area (Å²) in [6.45, 7) is 3.02. The second kappa shape index (κ2) is 7.50. The molecule has 0 aliphatic carbocycles. The molecule has 1 aromatic carbocycles. The molecule has 0 N–H and O–H groups in total. The minimum absolute atomic E-state index is 0.128. The number of hydrogen-bond donors (Lipinski definition) is 0. The van der Waals surface area contributed by atoms with Gasteiger partial charge in [-0.1, -0.05) is 24.1 Å². The third-order valence-corrected chi connectivity index (χ3v) is 4.89. The Kier molecular flexibility index (Phi) is 5.17. The number of carbonyl (C=O) groups is 2. The molecule has 2 aliphatic heterocycles. The van der Waals surface area contributed by atoms with Gasteiger partial charge < -0.3 is 9.80 Å². The van der Waals surface area contributed by atoms with Crippen LogP contribution in [0.2, 0.25) is 0 Å². The lowest BCUT2D eigenvalue weighted by Gasteiger charge is -2.38. The molecule has 1 unspecified atom stereocenters. The van der Waals surface area contributed by atoms with Crippen molar-refractivity contribution in [1.82, 2.24) is 9.80 Å². The summed E-state index contributed by atoms with van der Waals surface area (Å²) < 4.78 is 0. The molecule has 0 bridgehead atoms. The SMILES string of the molecule is C#CCN1CCC(N2CCN(c3ccccc3)C(=O)C2)CCC1=O. The van der Waals surface area contributed by atoms with Gasteiger partial charge in [-0.15, -0.1) is 6.42 Å². The van der Waals surface area contributed by atoms with E-state index in [1.807, 2.05) is 35.2 Å². The normalized spacial score (nSPS) is 23.0. The molecule has 126 valence electrons. The van der Waals surface area contributed by atoms with Crippen LogP contribution >= 0.6 is 0 Å². The smallest absolute Gasteiger partial charge is 0.241 e. The lowest BCUT2D eigenvalue weighted by molar-refractivity contribution is -0.130. The molecule has 2 amide bonds. The number of piperazine rings is 1. The van der Waals surface area contributed by atoms with E-state index in [0.29, 0.717) is 32.6 Å². The zero-order valence-corrected chi connectivity index (χ0v) is 13.9. The molecule has 1 aromatic rings. The highest BCUT2D eigenvalue weighted by Crippen LogP contribution is 2.22. The summed E-state index contributed by atoms with van der Waals surface area (Å²) in [6.07, 6.45) is 7.53. The first-order valence-corrected chi connectivity index (χ1v) is 8.49. The van der Waals surface area contributed by atoms with Gasteiger partial charge in [-0.3, -0.25) is 14.5 Å². The average Bonchev–Trinajstić information content (AvgIpc) is 2.78. The predicted octanol–water partition coefficient (Wildman–Crippen LogP) is 1.35. The van der Waals surface area contributed by atoms with Gasteiger partial charge in [0.05, 0.1) is 13.1 Å². The number of terminal acetylenes is 1. The Morgan fingerprint density at radius 3 is 2.54 bits per heavy atom. The molecule has 5 heteroatoms. The number of likely N-dealkylation sites (tertiary alicyclic amines) is 1. The molecule has 2 aliphatic rings. The van der Waals surface area contributed by atoms with Crippen molar-refractivity contribution >= 4 is 17.5 Å². The van der Waals surface area contributed by atoms with Gasteiger partial charge in [0, 0.05) is 37.8 Å². The Morgan fingerprint density at radius 1 is 1.04 bits per heavy atom. The molecule has 0 spiro atoms. The van der Waals surface area contributed by atoms with Crippen molar-refractivity contribution in [3.05, 3.63) is 30.3 Å². The van der Waals surface area contributed by atoms with Crippen LogP contribution in [-0.2, 0) is 9.59 Å². The highest BCUT2D eigenvalue weighted by Gasteiger charge is 2.31.